The molecule has 0 radical (unpaired) electrons. The Bertz CT molecular complexity index is 988. The summed E-state index contributed by atoms with van der Waals surface area (Å²) < 4.78 is 70.1. The van der Waals surface area contributed by atoms with Crippen molar-refractivity contribution in [3.63, 3.8) is 0 Å². The van der Waals surface area contributed by atoms with E-state index in [1.807, 2.05) is 24.3 Å². The van der Waals surface area contributed by atoms with E-state index in [4.69, 9.17) is 0 Å². The Kier molecular flexibility index (Phi) is 4.77. The summed E-state index contributed by atoms with van der Waals surface area (Å²) in [5.74, 6) is -9.61. The number of rotatable bonds is 5. The minimum atomic E-state index is -2.15. The first kappa shape index (κ1) is 18.2. The molecule has 1 aliphatic carbocycles. The SMILES string of the molecule is Fc1c(F)c(F)c(SN(Cc2ccnc3ccccc23)C2CC2)c(F)c1F. The van der Waals surface area contributed by atoms with Crippen LogP contribution < -0.4 is 0 Å². The number of halogens is 5. The van der Waals surface area contributed by atoms with Crippen molar-refractivity contribution in [3.05, 3.63) is 71.2 Å². The number of fused-ring (bicyclic) bond motifs is 1. The molecule has 1 heterocycles. The van der Waals surface area contributed by atoms with Crippen LogP contribution in [-0.4, -0.2) is 15.3 Å². The lowest BCUT2D eigenvalue weighted by molar-refractivity contribution is 0.358. The summed E-state index contributed by atoms with van der Waals surface area (Å²) in [6.45, 7) is 0.290. The van der Waals surface area contributed by atoms with Gasteiger partial charge in [0.2, 0.25) is 5.82 Å². The minimum absolute atomic E-state index is 0.0110. The second-order valence-electron chi connectivity index (χ2n) is 6.28. The Hall–Kier alpha value is -2.19. The predicted molar refractivity (Wildman–Crippen MR) is 92.4 cm³/mol. The van der Waals surface area contributed by atoms with Crippen molar-refractivity contribution in [1.29, 1.82) is 0 Å². The van der Waals surface area contributed by atoms with Crippen molar-refractivity contribution in [2.75, 3.05) is 0 Å². The van der Waals surface area contributed by atoms with Crippen LogP contribution >= 0.6 is 11.9 Å². The van der Waals surface area contributed by atoms with Gasteiger partial charge in [-0.25, -0.2) is 26.3 Å². The van der Waals surface area contributed by atoms with E-state index >= 15 is 0 Å². The van der Waals surface area contributed by atoms with E-state index in [1.54, 1.807) is 16.6 Å². The maximum atomic E-state index is 14.1. The van der Waals surface area contributed by atoms with E-state index in [0.717, 1.165) is 29.3 Å². The number of hydrogen-bond donors (Lipinski definition) is 0. The first-order valence-corrected chi connectivity index (χ1v) is 9.03. The molecule has 0 bridgehead atoms. The summed E-state index contributed by atoms with van der Waals surface area (Å²) in [6, 6.07) is 9.23. The van der Waals surface area contributed by atoms with Crippen LogP contribution in [-0.2, 0) is 6.54 Å². The number of aromatic nitrogens is 1. The Morgan fingerprint density at radius 1 is 0.889 bits per heavy atom. The third-order valence-corrected chi connectivity index (χ3v) is 5.60. The number of para-hydroxylation sites is 1. The molecule has 0 amide bonds. The average molecular weight is 396 g/mol. The lowest BCUT2D eigenvalue weighted by Gasteiger charge is -2.22. The topological polar surface area (TPSA) is 16.1 Å². The van der Waals surface area contributed by atoms with Gasteiger partial charge in [0.05, 0.1) is 5.52 Å². The first-order chi connectivity index (χ1) is 13.0. The van der Waals surface area contributed by atoms with E-state index in [1.165, 1.54) is 0 Å². The molecule has 2 aromatic carbocycles. The second kappa shape index (κ2) is 7.09. The van der Waals surface area contributed by atoms with Gasteiger partial charge in [-0.2, -0.15) is 0 Å². The summed E-state index contributed by atoms with van der Waals surface area (Å²) in [4.78, 5) is 3.39. The fourth-order valence-corrected chi connectivity index (χ4v) is 3.98. The van der Waals surface area contributed by atoms with Crippen molar-refractivity contribution >= 4 is 22.9 Å². The molecule has 1 aromatic heterocycles. The van der Waals surface area contributed by atoms with Crippen molar-refractivity contribution < 1.29 is 22.0 Å². The van der Waals surface area contributed by atoms with E-state index in [2.05, 4.69) is 4.98 Å². The van der Waals surface area contributed by atoms with E-state index < -0.39 is 34.0 Å². The third-order valence-electron chi connectivity index (χ3n) is 4.40. The van der Waals surface area contributed by atoms with E-state index in [9.17, 15) is 22.0 Å². The van der Waals surface area contributed by atoms with Crippen LogP contribution in [0.5, 0.6) is 0 Å². The van der Waals surface area contributed by atoms with Gasteiger partial charge in [-0.15, -0.1) is 0 Å². The first-order valence-electron chi connectivity index (χ1n) is 8.26. The molecule has 0 N–H and O–H groups in total. The van der Waals surface area contributed by atoms with Gasteiger partial charge in [0.15, 0.2) is 23.3 Å². The highest BCUT2D eigenvalue weighted by molar-refractivity contribution is 7.97. The predicted octanol–water partition coefficient (Wildman–Crippen LogP) is 5.60. The molecular weight excluding hydrogens is 383 g/mol. The summed E-state index contributed by atoms with van der Waals surface area (Å²) >= 11 is 0.569. The monoisotopic (exact) mass is 396 g/mol. The van der Waals surface area contributed by atoms with Crippen LogP contribution in [0.15, 0.2) is 41.4 Å². The lowest BCUT2D eigenvalue weighted by atomic mass is 10.1. The highest BCUT2D eigenvalue weighted by atomic mass is 32.2. The van der Waals surface area contributed by atoms with Crippen molar-refractivity contribution in [1.82, 2.24) is 9.29 Å². The van der Waals surface area contributed by atoms with Gasteiger partial charge in [-0.3, -0.25) is 4.98 Å². The maximum Gasteiger partial charge on any atom is 0.200 e. The van der Waals surface area contributed by atoms with Gasteiger partial charge in [0.25, 0.3) is 0 Å². The largest absolute Gasteiger partial charge is 0.256 e. The van der Waals surface area contributed by atoms with Gasteiger partial charge in [-0.1, -0.05) is 18.2 Å². The fourth-order valence-electron chi connectivity index (χ4n) is 2.84. The van der Waals surface area contributed by atoms with Gasteiger partial charge in [0, 0.05) is 24.2 Å². The van der Waals surface area contributed by atoms with Crippen LogP contribution in [0.2, 0.25) is 0 Å². The zero-order chi connectivity index (χ0) is 19.1. The molecule has 1 saturated carbocycles. The highest BCUT2D eigenvalue weighted by Gasteiger charge is 2.34. The molecule has 8 heteroatoms. The van der Waals surface area contributed by atoms with Gasteiger partial charge in [0.1, 0.15) is 4.90 Å². The molecule has 0 unspecified atom stereocenters. The molecule has 4 rings (SSSR count). The molecule has 1 fully saturated rings. The average Bonchev–Trinajstić information content (AvgIpc) is 3.52. The summed E-state index contributed by atoms with van der Waals surface area (Å²) in [5, 5.41) is 0.878. The quantitative estimate of drug-likeness (QED) is 0.242. The Balaban J connectivity index is 1.69. The Morgan fingerprint density at radius 2 is 1.52 bits per heavy atom. The van der Waals surface area contributed by atoms with Gasteiger partial charge in [-0.05, 0) is 42.5 Å². The molecule has 3 aromatic rings. The Morgan fingerprint density at radius 3 is 2.19 bits per heavy atom. The fraction of sp³-hybridized carbons (Fsp3) is 0.211. The molecule has 0 atom stereocenters. The molecule has 140 valence electrons. The molecule has 1 aliphatic rings. The molecule has 0 aliphatic heterocycles. The lowest BCUT2D eigenvalue weighted by Crippen LogP contribution is -2.19. The van der Waals surface area contributed by atoms with Gasteiger partial charge < -0.3 is 0 Å². The minimum Gasteiger partial charge on any atom is -0.256 e. The van der Waals surface area contributed by atoms with Crippen LogP contribution in [0.3, 0.4) is 0 Å². The molecular formula is C19H13F5N2S. The van der Waals surface area contributed by atoms with Crippen molar-refractivity contribution in [3.8, 4) is 0 Å². The normalized spacial score (nSPS) is 14.3. The molecule has 0 spiro atoms. The van der Waals surface area contributed by atoms with Crippen LogP contribution in [0.1, 0.15) is 18.4 Å². The van der Waals surface area contributed by atoms with E-state index in [0.29, 0.717) is 11.9 Å². The zero-order valence-corrected chi connectivity index (χ0v) is 14.7. The number of pyridine rings is 1. The van der Waals surface area contributed by atoms with Crippen LogP contribution in [0.25, 0.3) is 10.9 Å². The van der Waals surface area contributed by atoms with Crippen LogP contribution in [0.4, 0.5) is 22.0 Å². The Labute approximate surface area is 156 Å². The third kappa shape index (κ3) is 3.39. The highest BCUT2D eigenvalue weighted by Crippen LogP contribution is 2.40. The maximum absolute atomic E-state index is 14.1. The van der Waals surface area contributed by atoms with Crippen LogP contribution in [0, 0.1) is 29.1 Å². The van der Waals surface area contributed by atoms with Gasteiger partial charge >= 0.3 is 0 Å². The summed E-state index contributed by atoms with van der Waals surface area (Å²) in [5.41, 5.74) is 1.64. The second-order valence-corrected chi connectivity index (χ2v) is 7.34. The zero-order valence-electron chi connectivity index (χ0n) is 13.9. The standard InChI is InChI=1S/C19H13F5N2S/c20-14-15(21)17(23)19(18(24)16(14)22)27-26(11-5-6-11)9-10-7-8-25-13-4-2-1-3-12(10)13/h1-4,7-8,11H,5-6,9H2. The van der Waals surface area contributed by atoms with Crippen molar-refractivity contribution in [2.24, 2.45) is 0 Å². The molecule has 2 nitrogen and oxygen atoms in total. The number of hydrogen-bond acceptors (Lipinski definition) is 3. The number of nitrogens with zero attached hydrogens (tertiary/aromatic N) is 2. The summed E-state index contributed by atoms with van der Waals surface area (Å²) in [7, 11) is 0. The molecule has 27 heavy (non-hydrogen) atoms. The van der Waals surface area contributed by atoms with E-state index in [-0.39, 0.29) is 12.6 Å². The number of benzene rings is 2. The summed E-state index contributed by atoms with van der Waals surface area (Å²) in [6.07, 6.45) is 3.22. The molecule has 0 saturated heterocycles. The van der Waals surface area contributed by atoms with Crippen molar-refractivity contribution in [2.45, 2.75) is 30.3 Å². The smallest absolute Gasteiger partial charge is 0.200 e.